The van der Waals surface area contributed by atoms with Crippen LogP contribution < -0.4 is 5.32 Å². The van der Waals surface area contributed by atoms with Gasteiger partial charge in [-0.3, -0.25) is 4.98 Å². The second-order valence-electron chi connectivity index (χ2n) is 3.96. The summed E-state index contributed by atoms with van der Waals surface area (Å²) in [5.74, 6) is -1.28. The Hall–Kier alpha value is -1.95. The Bertz CT molecular complexity index is 572. The summed E-state index contributed by atoms with van der Waals surface area (Å²) in [7, 11) is 1.22. The van der Waals surface area contributed by atoms with E-state index in [4.69, 9.17) is 0 Å². The fourth-order valence-electron chi connectivity index (χ4n) is 1.64. The zero-order chi connectivity index (χ0) is 13.8. The first-order valence-corrected chi connectivity index (χ1v) is 6.52. The molecule has 0 fully saturated rings. The van der Waals surface area contributed by atoms with E-state index in [2.05, 4.69) is 15.0 Å². The van der Waals surface area contributed by atoms with Gasteiger partial charge in [0.25, 0.3) is 0 Å². The molecule has 0 saturated carbocycles. The van der Waals surface area contributed by atoms with Crippen molar-refractivity contribution in [2.75, 3.05) is 12.4 Å². The fourth-order valence-corrected chi connectivity index (χ4v) is 2.27. The highest BCUT2D eigenvalue weighted by atomic mass is 32.1. The van der Waals surface area contributed by atoms with Gasteiger partial charge in [-0.1, -0.05) is 0 Å². The highest BCUT2D eigenvalue weighted by molar-refractivity contribution is 7.09. The Kier molecular flexibility index (Phi) is 4.11. The lowest BCUT2D eigenvalue weighted by Gasteiger charge is -2.14. The maximum atomic E-state index is 13.5. The molecule has 1 unspecified atom stereocenters. The van der Waals surface area contributed by atoms with Crippen molar-refractivity contribution in [1.29, 1.82) is 0 Å². The number of carbonyl (C=O) groups excluding carboxylic acids is 1. The van der Waals surface area contributed by atoms with Crippen molar-refractivity contribution < 1.29 is 13.9 Å². The van der Waals surface area contributed by atoms with E-state index in [0.717, 1.165) is 4.88 Å². The summed E-state index contributed by atoms with van der Waals surface area (Å²) < 4.78 is 18.0. The normalized spacial score (nSPS) is 11.9. The number of methoxy groups -OCH3 is 1. The molecule has 0 aliphatic heterocycles. The second kappa shape index (κ2) is 5.79. The third-order valence-corrected chi connectivity index (χ3v) is 3.59. The van der Waals surface area contributed by atoms with Crippen LogP contribution in [0.3, 0.4) is 0 Å². The summed E-state index contributed by atoms with van der Waals surface area (Å²) in [5, 5.41) is 3.19. The van der Waals surface area contributed by atoms with E-state index in [0.29, 0.717) is 5.69 Å². The van der Waals surface area contributed by atoms with Crippen molar-refractivity contribution in [2.24, 2.45) is 0 Å². The predicted octanol–water partition coefficient (Wildman–Crippen LogP) is 3.24. The standard InChI is InChI=1S/C13H13FN2O2S/c1-8(12-6-15-7-19-12)16-9-3-4-11(14)10(5-9)13(17)18-2/h3-8,16H,1-2H3. The van der Waals surface area contributed by atoms with Gasteiger partial charge in [-0.2, -0.15) is 0 Å². The molecule has 4 nitrogen and oxygen atoms in total. The lowest BCUT2D eigenvalue weighted by molar-refractivity contribution is 0.0595. The zero-order valence-electron chi connectivity index (χ0n) is 10.5. The van der Waals surface area contributed by atoms with Crippen LogP contribution in [0.1, 0.15) is 28.2 Å². The minimum absolute atomic E-state index is 0.0310. The van der Waals surface area contributed by atoms with E-state index in [1.165, 1.54) is 30.6 Å². The third-order valence-electron chi connectivity index (χ3n) is 2.63. The molecule has 1 N–H and O–H groups in total. The number of nitrogens with zero attached hydrogens (tertiary/aromatic N) is 1. The molecule has 1 aromatic heterocycles. The number of nitrogens with one attached hydrogen (secondary N) is 1. The van der Waals surface area contributed by atoms with Gasteiger partial charge in [0.2, 0.25) is 0 Å². The number of hydrogen-bond donors (Lipinski definition) is 1. The summed E-state index contributed by atoms with van der Waals surface area (Å²) in [6.45, 7) is 1.97. The van der Waals surface area contributed by atoms with Crippen molar-refractivity contribution in [3.05, 3.63) is 46.2 Å². The van der Waals surface area contributed by atoms with Crippen LogP contribution in [0.25, 0.3) is 0 Å². The van der Waals surface area contributed by atoms with Crippen LogP contribution in [0.4, 0.5) is 10.1 Å². The van der Waals surface area contributed by atoms with E-state index >= 15 is 0 Å². The fraction of sp³-hybridized carbons (Fsp3) is 0.231. The Labute approximate surface area is 114 Å². The van der Waals surface area contributed by atoms with Gasteiger partial charge in [-0.15, -0.1) is 11.3 Å². The zero-order valence-corrected chi connectivity index (χ0v) is 11.3. The van der Waals surface area contributed by atoms with E-state index < -0.39 is 11.8 Å². The molecule has 0 aliphatic carbocycles. The molecular weight excluding hydrogens is 267 g/mol. The molecule has 6 heteroatoms. The van der Waals surface area contributed by atoms with E-state index in [9.17, 15) is 9.18 Å². The lowest BCUT2D eigenvalue weighted by atomic mass is 10.1. The topological polar surface area (TPSA) is 51.2 Å². The maximum absolute atomic E-state index is 13.5. The lowest BCUT2D eigenvalue weighted by Crippen LogP contribution is -2.08. The molecule has 1 atom stereocenters. The summed E-state index contributed by atoms with van der Waals surface area (Å²) in [6.07, 6.45) is 1.77. The quantitative estimate of drug-likeness (QED) is 0.873. The molecule has 0 amide bonds. The van der Waals surface area contributed by atoms with Crippen LogP contribution in [0, 0.1) is 5.82 Å². The van der Waals surface area contributed by atoms with Crippen molar-refractivity contribution in [2.45, 2.75) is 13.0 Å². The minimum atomic E-state index is -0.688. The monoisotopic (exact) mass is 280 g/mol. The van der Waals surface area contributed by atoms with Crippen molar-refractivity contribution in [3.8, 4) is 0 Å². The van der Waals surface area contributed by atoms with Crippen molar-refractivity contribution in [1.82, 2.24) is 4.98 Å². The number of carbonyl (C=O) groups is 1. The van der Waals surface area contributed by atoms with Gasteiger partial charge in [0.05, 0.1) is 24.2 Å². The Balaban J connectivity index is 2.19. The molecular formula is C13H13FN2O2S. The number of rotatable bonds is 4. The Morgan fingerprint density at radius 3 is 2.95 bits per heavy atom. The average molecular weight is 280 g/mol. The van der Waals surface area contributed by atoms with Crippen LogP contribution in [0.5, 0.6) is 0 Å². The second-order valence-corrected chi connectivity index (χ2v) is 4.87. The maximum Gasteiger partial charge on any atom is 0.340 e. The number of ether oxygens (including phenoxy) is 1. The molecule has 0 radical (unpaired) electrons. The summed E-state index contributed by atoms with van der Waals surface area (Å²) >= 11 is 1.53. The number of esters is 1. The number of halogens is 1. The van der Waals surface area contributed by atoms with Crippen LogP contribution in [0.2, 0.25) is 0 Å². The molecule has 19 heavy (non-hydrogen) atoms. The first-order chi connectivity index (χ1) is 9.11. The molecule has 0 saturated heterocycles. The molecule has 0 spiro atoms. The minimum Gasteiger partial charge on any atom is -0.465 e. The average Bonchev–Trinajstić information content (AvgIpc) is 2.94. The first kappa shape index (κ1) is 13.5. The summed E-state index contributed by atoms with van der Waals surface area (Å²) in [6, 6.07) is 4.30. The van der Waals surface area contributed by atoms with Gasteiger partial charge in [0, 0.05) is 16.8 Å². The predicted molar refractivity (Wildman–Crippen MR) is 71.9 cm³/mol. The molecule has 2 aromatic rings. The number of thiazole rings is 1. The highest BCUT2D eigenvalue weighted by Crippen LogP contribution is 2.23. The molecule has 0 aliphatic rings. The molecule has 100 valence electrons. The van der Waals surface area contributed by atoms with Crippen molar-refractivity contribution >= 4 is 23.0 Å². The van der Waals surface area contributed by atoms with Gasteiger partial charge in [-0.25, -0.2) is 9.18 Å². The first-order valence-electron chi connectivity index (χ1n) is 5.64. The van der Waals surface area contributed by atoms with E-state index in [1.54, 1.807) is 17.8 Å². The van der Waals surface area contributed by atoms with Gasteiger partial charge in [-0.05, 0) is 25.1 Å². The van der Waals surface area contributed by atoms with Gasteiger partial charge >= 0.3 is 5.97 Å². The molecule has 0 bridgehead atoms. The summed E-state index contributed by atoms with van der Waals surface area (Å²) in [4.78, 5) is 16.5. The van der Waals surface area contributed by atoms with Gasteiger partial charge < -0.3 is 10.1 Å². The largest absolute Gasteiger partial charge is 0.465 e. The Morgan fingerprint density at radius 2 is 2.32 bits per heavy atom. The number of benzene rings is 1. The number of anilines is 1. The SMILES string of the molecule is COC(=O)c1cc(NC(C)c2cncs2)ccc1F. The molecule has 1 heterocycles. The highest BCUT2D eigenvalue weighted by Gasteiger charge is 2.14. The number of hydrogen-bond acceptors (Lipinski definition) is 5. The number of aromatic nitrogens is 1. The smallest absolute Gasteiger partial charge is 0.340 e. The third kappa shape index (κ3) is 3.08. The van der Waals surface area contributed by atoms with Crippen LogP contribution >= 0.6 is 11.3 Å². The van der Waals surface area contributed by atoms with Crippen LogP contribution in [0.15, 0.2) is 29.9 Å². The van der Waals surface area contributed by atoms with Crippen molar-refractivity contribution in [3.63, 3.8) is 0 Å². The van der Waals surface area contributed by atoms with Gasteiger partial charge in [0.15, 0.2) is 0 Å². The van der Waals surface area contributed by atoms with E-state index in [1.807, 2.05) is 6.92 Å². The molecule has 1 aromatic carbocycles. The van der Waals surface area contributed by atoms with E-state index in [-0.39, 0.29) is 11.6 Å². The Morgan fingerprint density at radius 1 is 1.53 bits per heavy atom. The van der Waals surface area contributed by atoms with Crippen LogP contribution in [-0.2, 0) is 4.74 Å². The van der Waals surface area contributed by atoms with Gasteiger partial charge in [0.1, 0.15) is 5.82 Å². The molecule has 2 rings (SSSR count). The summed E-state index contributed by atoms with van der Waals surface area (Å²) in [5.41, 5.74) is 2.32. The van der Waals surface area contributed by atoms with Crippen LogP contribution in [-0.4, -0.2) is 18.1 Å².